The monoisotopic (exact) mass is 730 g/mol. The van der Waals surface area contributed by atoms with E-state index in [-0.39, 0.29) is 61.1 Å². The minimum atomic E-state index is -3.82. The van der Waals surface area contributed by atoms with Crippen molar-refractivity contribution in [2.45, 2.75) is 46.6 Å². The fraction of sp³-hybridized carbons (Fsp3) is 0.294. The Hall–Kier alpha value is -0.498. The molecule has 0 bridgehead atoms. The van der Waals surface area contributed by atoms with Gasteiger partial charge >= 0.3 is 232 Å². The second-order valence-electron chi connectivity index (χ2n) is 15.7. The molecule has 10 fully saturated rings. The van der Waals surface area contributed by atoms with E-state index in [0.29, 0.717) is 0 Å². The van der Waals surface area contributed by atoms with Gasteiger partial charge in [0.2, 0.25) is 0 Å². The van der Waals surface area contributed by atoms with Gasteiger partial charge in [-0.2, -0.15) is 0 Å². The van der Waals surface area contributed by atoms with Gasteiger partial charge < -0.3 is 24.8 Å². The molecule has 206 valence electrons. The van der Waals surface area contributed by atoms with E-state index in [1.165, 1.54) is 38.5 Å². The molecule has 0 N–H and O–H groups in total. The number of benzene rings is 4. The molecule has 10 aliphatic heterocycles. The van der Waals surface area contributed by atoms with Gasteiger partial charge in [0.15, 0.2) is 0 Å². The minimum absolute atomic E-state index is 0. The van der Waals surface area contributed by atoms with Crippen LogP contribution in [0.25, 0.3) is 0 Å². The molecule has 4 aromatic carbocycles. The molecule has 14 rings (SSSR count). The van der Waals surface area contributed by atoms with Gasteiger partial charge in [0.25, 0.3) is 0 Å². The van der Waals surface area contributed by atoms with Crippen molar-refractivity contribution < 1.29 is 51.7 Å². The predicted octanol–water partition coefficient (Wildman–Crippen LogP) is 1.46. The van der Waals surface area contributed by atoms with Crippen LogP contribution in [0.15, 0.2) is 121 Å². The second kappa shape index (κ2) is 3.86. The number of rotatable bonds is 6. The first-order valence-electron chi connectivity index (χ1n) is 14.1. The van der Waals surface area contributed by atoms with E-state index in [1.54, 1.807) is 21.2 Å². The first-order chi connectivity index (χ1) is 18.1. The predicted molar refractivity (Wildman–Crippen MR) is 154 cm³/mol. The number of fused-ring (bicyclic) bond motifs is 10. The van der Waals surface area contributed by atoms with Gasteiger partial charge in [0, 0.05) is 0 Å². The van der Waals surface area contributed by atoms with E-state index in [1.807, 2.05) is 0 Å². The Kier molecular flexibility index (Phi) is 2.30. The summed E-state index contributed by atoms with van der Waals surface area (Å²) in [4.78, 5) is 10.2. The fourth-order valence-electron chi connectivity index (χ4n) is 20.9. The molecular formula is C34H28Cl2FeP2Pd. The Balaban J connectivity index is 0.000000694. The summed E-state index contributed by atoms with van der Waals surface area (Å²) in [5.74, 6) is 0. The number of halogens is 2. The number of hydrogen-bond acceptors (Lipinski definition) is 0. The molecule has 4 unspecified atom stereocenters. The molecule has 10 heterocycles. The molecule has 0 saturated carbocycles. The van der Waals surface area contributed by atoms with Gasteiger partial charge in [-0.25, -0.2) is 0 Å². The first kappa shape index (κ1) is 23.9. The molecule has 40 heavy (non-hydrogen) atoms. The van der Waals surface area contributed by atoms with E-state index < -0.39 is 6.51 Å². The van der Waals surface area contributed by atoms with Gasteiger partial charge in [0.05, 0.1) is 0 Å². The van der Waals surface area contributed by atoms with Crippen molar-refractivity contribution in [1.29, 1.82) is 0 Å². The summed E-state index contributed by atoms with van der Waals surface area (Å²) in [6.07, 6.45) is 0. The van der Waals surface area contributed by atoms with E-state index in [0.717, 1.165) is 8.11 Å². The molecule has 0 aliphatic carbocycles. The van der Waals surface area contributed by atoms with Crippen molar-refractivity contribution in [3.05, 3.63) is 121 Å². The average Bonchev–Trinajstić information content (AvgIpc) is 3.92. The van der Waals surface area contributed by atoms with Crippen LogP contribution < -0.4 is 46.0 Å². The Morgan fingerprint density at radius 2 is 0.650 bits per heavy atom. The van der Waals surface area contributed by atoms with Crippen LogP contribution in [-0.4, -0.2) is 8.11 Å². The quantitative estimate of drug-likeness (QED) is 0.209. The summed E-state index contributed by atoms with van der Waals surface area (Å²) in [6, 6.07) is 48.2. The summed E-state index contributed by atoms with van der Waals surface area (Å²) in [5, 5.41) is 6.86. The van der Waals surface area contributed by atoms with Gasteiger partial charge in [0.1, 0.15) is 0 Å². The van der Waals surface area contributed by atoms with Crippen LogP contribution >= 0.6 is 15.8 Å². The topological polar surface area (TPSA) is 0 Å². The van der Waals surface area contributed by atoms with Crippen molar-refractivity contribution in [3.63, 3.8) is 0 Å². The zero-order valence-electron chi connectivity index (χ0n) is 21.5. The third-order valence-electron chi connectivity index (χ3n) is 19.4. The molecule has 0 aromatic heterocycles. The Bertz CT molecular complexity index is 1920. The molecule has 6 heteroatoms. The Labute approximate surface area is 254 Å². The van der Waals surface area contributed by atoms with Crippen LogP contribution in [0.3, 0.4) is 0 Å². The summed E-state index contributed by atoms with van der Waals surface area (Å²) in [6.45, 7) is -3.82. The van der Waals surface area contributed by atoms with Crippen LogP contribution in [0.1, 0.15) is 0 Å². The van der Waals surface area contributed by atoms with Crippen LogP contribution in [-0.2, 0) is 26.9 Å². The molecule has 4 atom stereocenters. The van der Waals surface area contributed by atoms with E-state index in [9.17, 15) is 0 Å². The maximum absolute atomic E-state index is 3.82. The fourth-order valence-corrected chi connectivity index (χ4v) is 126. The van der Waals surface area contributed by atoms with E-state index in [2.05, 4.69) is 121 Å². The van der Waals surface area contributed by atoms with Crippen LogP contribution in [0.4, 0.5) is 0 Å². The molecule has 10 aliphatic rings. The van der Waals surface area contributed by atoms with E-state index >= 15 is 0 Å². The molecule has 10 saturated heterocycles. The van der Waals surface area contributed by atoms with Crippen LogP contribution in [0, 0.1) is 0 Å². The normalized spacial score (nSPS) is 58.4. The molecule has 0 amide bonds. The van der Waals surface area contributed by atoms with Crippen LogP contribution in [0.5, 0.6) is 0 Å². The molecule has 0 nitrogen and oxygen atoms in total. The molecular weight excluding hydrogens is 703 g/mol. The zero-order valence-corrected chi connectivity index (χ0v) is 27.4. The third kappa shape index (κ3) is 0.609. The summed E-state index contributed by atoms with van der Waals surface area (Å²) >= 11 is 0. The number of hydrogen-bond donors (Lipinski definition) is 0. The zero-order chi connectivity index (χ0) is 23.5. The Morgan fingerprint density at radius 1 is 0.400 bits per heavy atom. The van der Waals surface area contributed by atoms with Gasteiger partial charge in [-0.1, -0.05) is 0 Å². The van der Waals surface area contributed by atoms with Crippen molar-refractivity contribution in [2.24, 2.45) is 0 Å². The molecule has 4 aromatic rings. The SMILES string of the molecule is [Cl-].[Cl-].[Pd+2].c1ccc(P(c2ccccc2)[C]23[CH]4[CH]5[CH]6[C]2(P(c2ccccc2)c2ccccc2)[Fe]54632789[CH]3[CH]2[CH]7[CH]8[CH]39)cc1. The summed E-state index contributed by atoms with van der Waals surface area (Å²) in [5.41, 5.74) is 0. The van der Waals surface area contributed by atoms with Crippen molar-refractivity contribution in [3.8, 4) is 0 Å². The summed E-state index contributed by atoms with van der Waals surface area (Å²) < 4.78 is 1.48. The molecule has 1 spiro atoms. The second-order valence-corrected chi connectivity index (χ2v) is 44.5. The van der Waals surface area contributed by atoms with Gasteiger partial charge in [-0.05, 0) is 0 Å². The van der Waals surface area contributed by atoms with Gasteiger partial charge in [-0.3, -0.25) is 0 Å². The van der Waals surface area contributed by atoms with Crippen molar-refractivity contribution in [1.82, 2.24) is 0 Å². The Morgan fingerprint density at radius 3 is 0.850 bits per heavy atom. The maximum atomic E-state index is 2.55. The van der Waals surface area contributed by atoms with Crippen LogP contribution in [0.2, 0.25) is 38.5 Å². The van der Waals surface area contributed by atoms with Crippen molar-refractivity contribution in [2.75, 3.05) is 0 Å². The third-order valence-corrected chi connectivity index (χ3v) is 76.3. The molecule has 0 radical (unpaired) electrons. The standard InChI is InChI=1S/C29H23P2.C5H5.2ClH.Fe.Pd/c1-5-14-24(15-6-1)30(25-16-7-2-8-17-25)28-22-13-23-29(28)31(26-18-9-3-10-19-26)27-20-11-4-12-21-27;1-2-4-5-3-1;;;;/h1-23H;1-5H;2*1H;;/q;;;;;+2/p-2. The first-order valence-corrected chi connectivity index (χ1v) is 23.0. The van der Waals surface area contributed by atoms with Gasteiger partial charge in [-0.15, -0.1) is 0 Å². The van der Waals surface area contributed by atoms with Crippen molar-refractivity contribution >= 4 is 37.1 Å². The average molecular weight is 732 g/mol. The summed E-state index contributed by atoms with van der Waals surface area (Å²) in [7, 11) is -0.628. The van der Waals surface area contributed by atoms with E-state index in [4.69, 9.17) is 0 Å².